The molecule has 1 N–H and O–H groups in total. The molecule has 0 aliphatic heterocycles. The number of aliphatic hydroxyl groups excluding tert-OH is 1. The van der Waals surface area contributed by atoms with Crippen molar-refractivity contribution in [3.8, 4) is 0 Å². The van der Waals surface area contributed by atoms with Crippen LogP contribution in [-0.2, 0) is 19.1 Å². The van der Waals surface area contributed by atoms with E-state index in [0.29, 0.717) is 12.8 Å². The number of carbonyl (C=O) groups is 2. The molecule has 5 nitrogen and oxygen atoms in total. The molecule has 0 radical (unpaired) electrons. The lowest BCUT2D eigenvalue weighted by molar-refractivity contribution is -0.161. The minimum atomic E-state index is -0.832. The largest absolute Gasteiger partial charge is 0.462 e. The summed E-state index contributed by atoms with van der Waals surface area (Å²) in [6.45, 7) is 3.77. The van der Waals surface area contributed by atoms with Crippen molar-refractivity contribution in [3.63, 3.8) is 0 Å². The zero-order valence-electron chi connectivity index (χ0n) is 29.9. The Morgan fingerprint density at radius 3 is 1.12 bits per heavy atom. The summed E-state index contributed by atoms with van der Waals surface area (Å²) in [7, 11) is 0. The molecule has 0 aromatic carbocycles. The van der Waals surface area contributed by atoms with Gasteiger partial charge in [0.15, 0.2) is 6.10 Å². The summed E-state index contributed by atoms with van der Waals surface area (Å²) in [6.07, 6.45) is 55.5. The first-order valence-electron chi connectivity index (χ1n) is 18.1. The lowest BCUT2D eigenvalue weighted by Gasteiger charge is -2.15. The zero-order chi connectivity index (χ0) is 35.0. The van der Waals surface area contributed by atoms with Crippen molar-refractivity contribution < 1.29 is 24.2 Å². The number of esters is 2. The van der Waals surface area contributed by atoms with Crippen molar-refractivity contribution in [3.05, 3.63) is 122 Å². The van der Waals surface area contributed by atoms with Crippen LogP contribution >= 0.6 is 0 Å². The van der Waals surface area contributed by atoms with Crippen molar-refractivity contribution in [1.29, 1.82) is 0 Å². The number of carbonyl (C=O) groups excluding carboxylic acids is 2. The Morgan fingerprint density at radius 2 is 0.792 bits per heavy atom. The van der Waals surface area contributed by atoms with Crippen LogP contribution in [0.25, 0.3) is 0 Å². The molecule has 0 heterocycles. The molecular weight excluding hydrogens is 596 g/mol. The van der Waals surface area contributed by atoms with Crippen molar-refractivity contribution >= 4 is 11.9 Å². The highest BCUT2D eigenvalue weighted by atomic mass is 16.6. The molecule has 0 amide bonds. The van der Waals surface area contributed by atoms with Gasteiger partial charge in [-0.1, -0.05) is 135 Å². The van der Waals surface area contributed by atoms with Gasteiger partial charge in [-0.3, -0.25) is 9.59 Å². The maximum absolute atomic E-state index is 12.1. The normalized spacial score (nSPS) is 13.6. The van der Waals surface area contributed by atoms with Gasteiger partial charge in [-0.25, -0.2) is 0 Å². The summed E-state index contributed by atoms with van der Waals surface area (Å²) < 4.78 is 10.5. The molecule has 0 spiro atoms. The van der Waals surface area contributed by atoms with Gasteiger partial charge in [0.25, 0.3) is 0 Å². The summed E-state index contributed by atoms with van der Waals surface area (Å²) in [4.78, 5) is 24.2. The first-order valence-corrected chi connectivity index (χ1v) is 18.1. The smallest absolute Gasteiger partial charge is 0.306 e. The van der Waals surface area contributed by atoms with Gasteiger partial charge < -0.3 is 14.6 Å². The second kappa shape index (κ2) is 37.8. The number of hydrogen-bond acceptors (Lipinski definition) is 5. The van der Waals surface area contributed by atoms with E-state index >= 15 is 0 Å². The Kier molecular flexibility index (Phi) is 34.8. The monoisotopic (exact) mass is 660 g/mol. The summed E-state index contributed by atoms with van der Waals surface area (Å²) in [5.41, 5.74) is 0. The predicted octanol–water partition coefficient (Wildman–Crippen LogP) is 11.3. The standard InChI is InChI=1S/C43H64O5/c1-3-5-7-9-11-13-15-17-19-21-23-25-27-29-31-33-35-37-42(45)47-40-41(39-44)48-43(46)38-36-34-32-30-28-26-24-22-20-18-16-14-12-10-8-6-4-2/h5-8,11-14,17-20,23-26,29-32,41,44H,3-4,9-10,15-16,21-22,27-28,33-40H2,1-2H3/b7-5+,8-6+,13-11+,14-12+,19-17+,20-18+,25-23+,26-24+,31-29+,32-30+. The van der Waals surface area contributed by atoms with Crippen molar-refractivity contribution in [2.45, 2.75) is 123 Å². The van der Waals surface area contributed by atoms with Gasteiger partial charge >= 0.3 is 11.9 Å². The molecule has 5 heteroatoms. The van der Waals surface area contributed by atoms with Crippen LogP contribution in [0.5, 0.6) is 0 Å². The number of ether oxygens (including phenoxy) is 2. The predicted molar refractivity (Wildman–Crippen MR) is 205 cm³/mol. The second-order valence-electron chi connectivity index (χ2n) is 11.2. The van der Waals surface area contributed by atoms with Gasteiger partial charge in [-0.15, -0.1) is 0 Å². The second-order valence-corrected chi connectivity index (χ2v) is 11.2. The molecule has 266 valence electrons. The molecule has 0 bridgehead atoms. The zero-order valence-corrected chi connectivity index (χ0v) is 29.9. The quantitative estimate of drug-likeness (QED) is 0.0471. The van der Waals surface area contributed by atoms with Gasteiger partial charge in [0.2, 0.25) is 0 Å². The Hall–Kier alpha value is -3.70. The van der Waals surface area contributed by atoms with Crippen LogP contribution < -0.4 is 0 Å². The fraction of sp³-hybridized carbons (Fsp3) is 0.488. The van der Waals surface area contributed by atoms with Crippen LogP contribution in [0.15, 0.2) is 122 Å². The molecule has 0 aliphatic carbocycles. The molecular formula is C43H64O5. The number of rotatable bonds is 30. The van der Waals surface area contributed by atoms with Crippen LogP contribution in [-0.4, -0.2) is 36.4 Å². The molecule has 0 rings (SSSR count). The summed E-state index contributed by atoms with van der Waals surface area (Å²) >= 11 is 0. The van der Waals surface area contributed by atoms with Crippen molar-refractivity contribution in [1.82, 2.24) is 0 Å². The molecule has 0 aromatic heterocycles. The Morgan fingerprint density at radius 1 is 0.479 bits per heavy atom. The summed E-state index contributed by atoms with van der Waals surface area (Å²) in [6, 6.07) is 0. The maximum Gasteiger partial charge on any atom is 0.306 e. The topological polar surface area (TPSA) is 72.8 Å². The Labute approximate surface area is 293 Å². The summed E-state index contributed by atoms with van der Waals surface area (Å²) in [5, 5.41) is 9.52. The molecule has 1 atom stereocenters. The molecule has 0 saturated heterocycles. The maximum atomic E-state index is 12.1. The highest BCUT2D eigenvalue weighted by Crippen LogP contribution is 2.06. The van der Waals surface area contributed by atoms with Crippen LogP contribution in [0.3, 0.4) is 0 Å². The number of allylic oxidation sites excluding steroid dienone is 20. The van der Waals surface area contributed by atoms with Gasteiger partial charge in [0.1, 0.15) is 6.61 Å². The molecule has 0 aliphatic rings. The van der Waals surface area contributed by atoms with E-state index in [0.717, 1.165) is 77.0 Å². The third-order valence-electron chi connectivity index (χ3n) is 6.75. The van der Waals surface area contributed by atoms with E-state index in [2.05, 4.69) is 135 Å². The van der Waals surface area contributed by atoms with E-state index in [1.54, 1.807) is 0 Å². The third kappa shape index (κ3) is 35.2. The minimum Gasteiger partial charge on any atom is -0.462 e. The van der Waals surface area contributed by atoms with Gasteiger partial charge in [-0.05, 0) is 89.9 Å². The third-order valence-corrected chi connectivity index (χ3v) is 6.75. The average Bonchev–Trinajstić information content (AvgIpc) is 3.09. The first-order chi connectivity index (χ1) is 23.6. The van der Waals surface area contributed by atoms with Crippen LogP contribution in [0, 0.1) is 0 Å². The Bertz CT molecular complexity index is 1060. The van der Waals surface area contributed by atoms with E-state index in [1.165, 1.54) is 0 Å². The lowest BCUT2D eigenvalue weighted by Crippen LogP contribution is -2.28. The van der Waals surface area contributed by atoms with Crippen LogP contribution in [0.1, 0.15) is 117 Å². The van der Waals surface area contributed by atoms with E-state index in [9.17, 15) is 14.7 Å². The van der Waals surface area contributed by atoms with Crippen molar-refractivity contribution in [2.75, 3.05) is 13.2 Å². The van der Waals surface area contributed by atoms with E-state index in [-0.39, 0.29) is 32.0 Å². The van der Waals surface area contributed by atoms with E-state index < -0.39 is 12.1 Å². The van der Waals surface area contributed by atoms with Crippen LogP contribution in [0.2, 0.25) is 0 Å². The Balaban J connectivity index is 3.83. The number of unbranched alkanes of at least 4 members (excludes halogenated alkanes) is 2. The molecule has 0 aromatic rings. The highest BCUT2D eigenvalue weighted by molar-refractivity contribution is 5.70. The molecule has 0 saturated carbocycles. The van der Waals surface area contributed by atoms with Gasteiger partial charge in [-0.2, -0.15) is 0 Å². The number of aliphatic hydroxyl groups is 1. The molecule has 1 unspecified atom stereocenters. The van der Waals surface area contributed by atoms with Gasteiger partial charge in [0.05, 0.1) is 6.61 Å². The fourth-order valence-corrected chi connectivity index (χ4v) is 4.09. The van der Waals surface area contributed by atoms with E-state index in [1.807, 2.05) is 0 Å². The van der Waals surface area contributed by atoms with Crippen LogP contribution in [0.4, 0.5) is 0 Å². The number of hydrogen-bond donors (Lipinski definition) is 1. The molecule has 0 fully saturated rings. The first kappa shape index (κ1) is 44.3. The summed E-state index contributed by atoms with van der Waals surface area (Å²) in [5.74, 6) is -0.744. The minimum absolute atomic E-state index is 0.127. The van der Waals surface area contributed by atoms with Gasteiger partial charge in [0, 0.05) is 12.8 Å². The molecule has 48 heavy (non-hydrogen) atoms. The van der Waals surface area contributed by atoms with E-state index in [4.69, 9.17) is 9.47 Å². The average molecular weight is 661 g/mol. The highest BCUT2D eigenvalue weighted by Gasteiger charge is 2.15. The fourth-order valence-electron chi connectivity index (χ4n) is 4.09. The van der Waals surface area contributed by atoms with Crippen molar-refractivity contribution in [2.24, 2.45) is 0 Å². The SMILES string of the molecule is CC/C=C/C/C=C/C/C=C/C/C=C/C/C=C/CCCC(=O)OCC(CO)OC(=O)CCC/C=C/C/C=C/C/C=C/C/C=C/C/C=C/CC. The lowest BCUT2D eigenvalue weighted by atomic mass is 10.2.